The van der Waals surface area contributed by atoms with Crippen molar-refractivity contribution in [2.24, 2.45) is 17.8 Å². The van der Waals surface area contributed by atoms with Crippen molar-refractivity contribution < 1.29 is 14.6 Å². The van der Waals surface area contributed by atoms with Crippen molar-refractivity contribution in [3.05, 3.63) is 0 Å². The molecule has 1 heterocycles. The van der Waals surface area contributed by atoms with Crippen molar-refractivity contribution >= 4 is 5.97 Å². The van der Waals surface area contributed by atoms with E-state index in [0.29, 0.717) is 30.8 Å². The summed E-state index contributed by atoms with van der Waals surface area (Å²) in [7, 11) is 0. The Morgan fingerprint density at radius 3 is 3.08 bits per heavy atom. The van der Waals surface area contributed by atoms with Gasteiger partial charge in [0.15, 0.2) is 0 Å². The van der Waals surface area contributed by atoms with Gasteiger partial charge in [-0.25, -0.2) is 0 Å². The van der Waals surface area contributed by atoms with Crippen molar-refractivity contribution in [1.29, 1.82) is 0 Å². The van der Waals surface area contributed by atoms with Gasteiger partial charge in [0.2, 0.25) is 0 Å². The average Bonchev–Trinajstić information content (AvgIpc) is 2.28. The number of carbonyl (C=O) groups is 1. The Labute approximate surface area is 71.7 Å². The molecule has 0 aromatic rings. The highest BCUT2D eigenvalue weighted by Gasteiger charge is 2.43. The summed E-state index contributed by atoms with van der Waals surface area (Å²) < 4.78 is 4.96. The molecule has 12 heavy (non-hydrogen) atoms. The molecule has 2 fully saturated rings. The van der Waals surface area contributed by atoms with E-state index in [2.05, 4.69) is 0 Å². The molecular formula is C9H14O3. The van der Waals surface area contributed by atoms with Gasteiger partial charge in [-0.1, -0.05) is 6.92 Å². The zero-order chi connectivity index (χ0) is 8.72. The first kappa shape index (κ1) is 8.05. The maximum Gasteiger partial charge on any atom is 0.306 e. The molecule has 0 spiro atoms. The third-order valence-corrected chi connectivity index (χ3v) is 3.30. The smallest absolute Gasteiger partial charge is 0.306 e. The minimum Gasteiger partial charge on any atom is -0.465 e. The number of carbonyl (C=O) groups excluding carboxylic acids is 1. The second-order valence-electron chi connectivity index (χ2n) is 3.97. The molecule has 2 aliphatic rings. The molecule has 2 unspecified atom stereocenters. The van der Waals surface area contributed by atoms with E-state index in [1.807, 2.05) is 6.92 Å². The highest BCUT2D eigenvalue weighted by Crippen LogP contribution is 2.41. The first-order valence-electron chi connectivity index (χ1n) is 4.52. The normalized spacial score (nSPS) is 47.0. The summed E-state index contributed by atoms with van der Waals surface area (Å²) in [5.74, 6) is 0.967. The van der Waals surface area contributed by atoms with E-state index in [1.165, 1.54) is 0 Å². The number of aliphatic hydroxyl groups is 1. The lowest BCUT2D eigenvalue weighted by Gasteiger charge is -2.26. The van der Waals surface area contributed by atoms with Gasteiger partial charge in [0, 0.05) is 12.3 Å². The number of rotatable bonds is 0. The van der Waals surface area contributed by atoms with Crippen LogP contribution in [-0.4, -0.2) is 23.8 Å². The molecule has 1 N–H and O–H groups in total. The van der Waals surface area contributed by atoms with Gasteiger partial charge >= 0.3 is 5.97 Å². The molecule has 2 rings (SSSR count). The number of fused-ring (bicyclic) bond motifs is 1. The van der Waals surface area contributed by atoms with Gasteiger partial charge in [0.1, 0.15) is 0 Å². The van der Waals surface area contributed by atoms with Crippen molar-refractivity contribution in [2.75, 3.05) is 6.61 Å². The van der Waals surface area contributed by atoms with Crippen LogP contribution in [0.5, 0.6) is 0 Å². The molecule has 4 atom stereocenters. The fraction of sp³-hybridized carbons (Fsp3) is 0.889. The van der Waals surface area contributed by atoms with Crippen LogP contribution in [0.15, 0.2) is 0 Å². The van der Waals surface area contributed by atoms with Gasteiger partial charge in [0.05, 0.1) is 12.7 Å². The van der Waals surface area contributed by atoms with E-state index in [1.54, 1.807) is 0 Å². The predicted octanol–water partition coefficient (Wildman–Crippen LogP) is 0.566. The van der Waals surface area contributed by atoms with Crippen molar-refractivity contribution in [2.45, 2.75) is 25.9 Å². The van der Waals surface area contributed by atoms with Crippen LogP contribution in [0.4, 0.5) is 0 Å². The zero-order valence-corrected chi connectivity index (χ0v) is 7.19. The van der Waals surface area contributed by atoms with Crippen molar-refractivity contribution in [3.8, 4) is 0 Å². The first-order valence-corrected chi connectivity index (χ1v) is 4.52. The third kappa shape index (κ3) is 1.12. The van der Waals surface area contributed by atoms with Crippen LogP contribution in [0.25, 0.3) is 0 Å². The van der Waals surface area contributed by atoms with Crippen LogP contribution in [0, 0.1) is 17.8 Å². The number of aliphatic hydroxyl groups excluding tert-OH is 1. The second kappa shape index (κ2) is 2.73. The topological polar surface area (TPSA) is 46.5 Å². The average molecular weight is 170 g/mol. The van der Waals surface area contributed by atoms with Crippen LogP contribution in [0.3, 0.4) is 0 Å². The standard InChI is InChI=1S/C9H14O3/c1-5-7-4-12-9(11)3-6(7)2-8(5)10/h5-8,10H,2-4H2,1H3/t5-,6?,7?,8+/m1/s1. The minimum atomic E-state index is -0.227. The van der Waals surface area contributed by atoms with Crippen LogP contribution in [-0.2, 0) is 9.53 Å². The molecule has 0 aromatic carbocycles. The van der Waals surface area contributed by atoms with Crippen LogP contribution >= 0.6 is 0 Å². The third-order valence-electron chi connectivity index (χ3n) is 3.30. The Hall–Kier alpha value is -0.570. The highest BCUT2D eigenvalue weighted by atomic mass is 16.5. The molecular weight excluding hydrogens is 156 g/mol. The molecule has 68 valence electrons. The molecule has 1 saturated heterocycles. The Morgan fingerprint density at radius 2 is 2.33 bits per heavy atom. The number of esters is 1. The molecule has 0 amide bonds. The van der Waals surface area contributed by atoms with Gasteiger partial charge < -0.3 is 9.84 Å². The van der Waals surface area contributed by atoms with Gasteiger partial charge in [0.25, 0.3) is 0 Å². The van der Waals surface area contributed by atoms with Crippen molar-refractivity contribution in [1.82, 2.24) is 0 Å². The lowest BCUT2D eigenvalue weighted by molar-refractivity contribution is -0.152. The number of hydrogen-bond acceptors (Lipinski definition) is 3. The molecule has 1 saturated carbocycles. The fourth-order valence-electron chi connectivity index (χ4n) is 2.40. The van der Waals surface area contributed by atoms with E-state index in [4.69, 9.17) is 4.74 Å². The Balaban J connectivity index is 2.09. The summed E-state index contributed by atoms with van der Waals surface area (Å²) >= 11 is 0. The Bertz CT molecular complexity index is 202. The van der Waals surface area contributed by atoms with Gasteiger partial charge in [-0.15, -0.1) is 0 Å². The molecule has 1 aliphatic heterocycles. The predicted molar refractivity (Wildman–Crippen MR) is 42.3 cm³/mol. The Kier molecular flexibility index (Phi) is 1.83. The van der Waals surface area contributed by atoms with Gasteiger partial charge in [-0.05, 0) is 18.3 Å². The maximum atomic E-state index is 10.9. The summed E-state index contributed by atoms with van der Waals surface area (Å²) in [6.45, 7) is 2.55. The lowest BCUT2D eigenvalue weighted by Crippen LogP contribution is -2.30. The van der Waals surface area contributed by atoms with Gasteiger partial charge in [-0.3, -0.25) is 4.79 Å². The maximum absolute atomic E-state index is 10.9. The fourth-order valence-corrected chi connectivity index (χ4v) is 2.40. The van der Waals surface area contributed by atoms with E-state index >= 15 is 0 Å². The summed E-state index contributed by atoms with van der Waals surface area (Å²) in [6.07, 6.45) is 1.06. The van der Waals surface area contributed by atoms with Gasteiger partial charge in [-0.2, -0.15) is 0 Å². The van der Waals surface area contributed by atoms with Crippen LogP contribution in [0.1, 0.15) is 19.8 Å². The number of hydrogen-bond donors (Lipinski definition) is 1. The van der Waals surface area contributed by atoms with Crippen molar-refractivity contribution in [3.63, 3.8) is 0 Å². The summed E-state index contributed by atoms with van der Waals surface area (Å²) in [5.41, 5.74) is 0. The quantitative estimate of drug-likeness (QED) is 0.540. The molecule has 0 aromatic heterocycles. The largest absolute Gasteiger partial charge is 0.465 e. The number of ether oxygens (including phenoxy) is 1. The highest BCUT2D eigenvalue weighted by molar-refractivity contribution is 5.70. The lowest BCUT2D eigenvalue weighted by atomic mass is 9.87. The van der Waals surface area contributed by atoms with E-state index in [0.717, 1.165) is 6.42 Å². The molecule has 0 radical (unpaired) electrons. The second-order valence-corrected chi connectivity index (χ2v) is 3.97. The molecule has 1 aliphatic carbocycles. The van der Waals surface area contributed by atoms with Crippen LogP contribution in [0.2, 0.25) is 0 Å². The SMILES string of the molecule is C[C@@H]1C2COC(=O)CC2C[C@@H]1O. The minimum absolute atomic E-state index is 0.0995. The van der Waals surface area contributed by atoms with Crippen LogP contribution < -0.4 is 0 Å². The Morgan fingerprint density at radius 1 is 1.58 bits per heavy atom. The number of cyclic esters (lactones) is 1. The summed E-state index contributed by atoms with van der Waals surface area (Å²) in [6, 6.07) is 0. The van der Waals surface area contributed by atoms with E-state index in [-0.39, 0.29) is 12.1 Å². The van der Waals surface area contributed by atoms with E-state index in [9.17, 15) is 9.90 Å². The monoisotopic (exact) mass is 170 g/mol. The van der Waals surface area contributed by atoms with E-state index < -0.39 is 0 Å². The molecule has 3 nitrogen and oxygen atoms in total. The molecule has 3 heteroatoms. The molecule has 0 bridgehead atoms. The summed E-state index contributed by atoms with van der Waals surface area (Å²) in [4.78, 5) is 10.9. The zero-order valence-electron chi connectivity index (χ0n) is 7.19. The first-order chi connectivity index (χ1) is 5.68. The summed E-state index contributed by atoms with van der Waals surface area (Å²) in [5, 5.41) is 9.55.